The highest BCUT2D eigenvalue weighted by Crippen LogP contribution is 2.10. The molecule has 0 unspecified atom stereocenters. The molecule has 0 saturated heterocycles. The Morgan fingerprint density at radius 3 is 2.46 bits per heavy atom. The zero-order valence-corrected chi connectivity index (χ0v) is 6.92. The summed E-state index contributed by atoms with van der Waals surface area (Å²) in [6, 6.07) is 6.83. The summed E-state index contributed by atoms with van der Waals surface area (Å²) in [6.45, 7) is 0. The molecule has 0 spiro atoms. The average molecular weight is 175 g/mol. The van der Waals surface area contributed by atoms with Gasteiger partial charge in [-0.15, -0.1) is 0 Å². The maximum absolute atomic E-state index is 10.3. The molecule has 0 amide bonds. The lowest BCUT2D eigenvalue weighted by Crippen LogP contribution is -1.87. The molecule has 0 aliphatic heterocycles. The van der Waals surface area contributed by atoms with Gasteiger partial charge in [0.15, 0.2) is 0 Å². The van der Waals surface area contributed by atoms with Crippen molar-refractivity contribution in [3.63, 3.8) is 0 Å². The molecule has 66 valence electrons. The predicted octanol–water partition coefficient (Wildman–Crippen LogP) is 1.15. The predicted molar refractivity (Wildman–Crippen MR) is 52.7 cm³/mol. The van der Waals surface area contributed by atoms with Crippen LogP contribution < -0.4 is 5.73 Å². The van der Waals surface area contributed by atoms with E-state index in [1.807, 2.05) is 0 Å². The van der Waals surface area contributed by atoms with E-state index in [9.17, 15) is 4.79 Å². The van der Waals surface area contributed by atoms with Gasteiger partial charge in [0.05, 0.1) is 12.0 Å². The van der Waals surface area contributed by atoms with Crippen LogP contribution in [0.15, 0.2) is 34.3 Å². The SMILES string of the molecule is NC=NC=Nc1ccc(C=O)cc1. The van der Waals surface area contributed by atoms with Gasteiger partial charge in [0.1, 0.15) is 12.6 Å². The normalized spacial score (nSPS) is 11.1. The number of hydrogen-bond donors (Lipinski definition) is 1. The molecule has 1 aromatic rings. The Kier molecular flexibility index (Phi) is 3.38. The Morgan fingerprint density at radius 2 is 1.92 bits per heavy atom. The monoisotopic (exact) mass is 175 g/mol. The van der Waals surface area contributed by atoms with Crippen LogP contribution >= 0.6 is 0 Å². The lowest BCUT2D eigenvalue weighted by Gasteiger charge is -1.91. The largest absolute Gasteiger partial charge is 0.390 e. The standard InChI is InChI=1S/C9H9N3O/c10-6-11-7-12-9-3-1-8(5-13)2-4-9/h1-7H,(H2,10,11,12). The van der Waals surface area contributed by atoms with Crippen molar-refractivity contribution in [2.24, 2.45) is 15.7 Å². The first-order valence-electron chi connectivity index (χ1n) is 3.68. The molecular weight excluding hydrogens is 166 g/mol. The molecule has 13 heavy (non-hydrogen) atoms. The third-order valence-corrected chi connectivity index (χ3v) is 1.39. The summed E-state index contributed by atoms with van der Waals surface area (Å²) in [5.41, 5.74) is 6.37. The van der Waals surface area contributed by atoms with Crippen LogP contribution in [0.2, 0.25) is 0 Å². The van der Waals surface area contributed by atoms with Crippen LogP contribution in [0.5, 0.6) is 0 Å². The minimum absolute atomic E-state index is 0.626. The van der Waals surface area contributed by atoms with Crippen LogP contribution in [0, 0.1) is 0 Å². The summed E-state index contributed by atoms with van der Waals surface area (Å²) >= 11 is 0. The van der Waals surface area contributed by atoms with Crippen molar-refractivity contribution >= 4 is 24.7 Å². The lowest BCUT2D eigenvalue weighted by molar-refractivity contribution is 0.112. The smallest absolute Gasteiger partial charge is 0.150 e. The fourth-order valence-electron chi connectivity index (χ4n) is 0.777. The van der Waals surface area contributed by atoms with Gasteiger partial charge in [-0.25, -0.2) is 9.98 Å². The summed E-state index contributed by atoms with van der Waals surface area (Å²) in [5, 5.41) is 0. The molecule has 1 rings (SSSR count). The zero-order valence-electron chi connectivity index (χ0n) is 6.92. The molecular formula is C9H9N3O. The number of benzene rings is 1. The first-order valence-corrected chi connectivity index (χ1v) is 3.68. The zero-order chi connectivity index (χ0) is 9.52. The highest BCUT2D eigenvalue weighted by Gasteiger charge is 1.88. The van der Waals surface area contributed by atoms with E-state index in [0.717, 1.165) is 18.3 Å². The highest BCUT2D eigenvalue weighted by atomic mass is 16.1. The van der Waals surface area contributed by atoms with Crippen molar-refractivity contribution in [2.75, 3.05) is 0 Å². The van der Waals surface area contributed by atoms with Gasteiger partial charge in [-0.2, -0.15) is 0 Å². The second-order valence-corrected chi connectivity index (χ2v) is 2.25. The van der Waals surface area contributed by atoms with Crippen LogP contribution in [-0.2, 0) is 0 Å². The van der Waals surface area contributed by atoms with Gasteiger partial charge in [0.2, 0.25) is 0 Å². The van der Waals surface area contributed by atoms with Crippen molar-refractivity contribution in [1.82, 2.24) is 0 Å². The molecule has 0 aromatic heterocycles. The van der Waals surface area contributed by atoms with Crippen molar-refractivity contribution in [3.05, 3.63) is 29.8 Å². The molecule has 0 fully saturated rings. The number of aliphatic imine (C=N–C) groups is 2. The minimum Gasteiger partial charge on any atom is -0.390 e. The molecule has 0 saturated carbocycles. The lowest BCUT2D eigenvalue weighted by atomic mass is 10.2. The van der Waals surface area contributed by atoms with E-state index < -0.39 is 0 Å². The number of carbonyl (C=O) groups excluding carboxylic acids is 1. The van der Waals surface area contributed by atoms with Gasteiger partial charge >= 0.3 is 0 Å². The molecule has 0 atom stereocenters. The summed E-state index contributed by atoms with van der Waals surface area (Å²) < 4.78 is 0. The van der Waals surface area contributed by atoms with Crippen molar-refractivity contribution in [3.8, 4) is 0 Å². The van der Waals surface area contributed by atoms with E-state index in [2.05, 4.69) is 9.98 Å². The Labute approximate surface area is 75.8 Å². The summed E-state index contributed by atoms with van der Waals surface area (Å²) in [5.74, 6) is 0. The molecule has 0 aliphatic rings. The molecule has 0 heterocycles. The Bertz CT molecular complexity index is 327. The molecule has 0 aliphatic carbocycles. The quantitative estimate of drug-likeness (QED) is 0.425. The number of carbonyl (C=O) groups is 1. The van der Waals surface area contributed by atoms with Gasteiger partial charge < -0.3 is 5.73 Å². The van der Waals surface area contributed by atoms with Crippen molar-refractivity contribution in [2.45, 2.75) is 0 Å². The fourth-order valence-corrected chi connectivity index (χ4v) is 0.777. The van der Waals surface area contributed by atoms with Crippen LogP contribution in [0.4, 0.5) is 5.69 Å². The summed E-state index contributed by atoms with van der Waals surface area (Å²) in [6.07, 6.45) is 3.28. The molecule has 1 aromatic carbocycles. The first-order chi connectivity index (χ1) is 6.36. The van der Waals surface area contributed by atoms with Gasteiger partial charge in [-0.05, 0) is 24.3 Å². The highest BCUT2D eigenvalue weighted by molar-refractivity contribution is 5.76. The van der Waals surface area contributed by atoms with E-state index in [-0.39, 0.29) is 0 Å². The van der Waals surface area contributed by atoms with Gasteiger partial charge in [-0.1, -0.05) is 0 Å². The Morgan fingerprint density at radius 1 is 1.23 bits per heavy atom. The first kappa shape index (κ1) is 9.12. The maximum atomic E-state index is 10.3. The molecule has 0 bridgehead atoms. The van der Waals surface area contributed by atoms with Gasteiger partial charge in [0.25, 0.3) is 0 Å². The number of hydrogen-bond acceptors (Lipinski definition) is 2. The number of nitrogens with zero attached hydrogens (tertiary/aromatic N) is 2. The second-order valence-electron chi connectivity index (χ2n) is 2.25. The topological polar surface area (TPSA) is 67.8 Å². The average Bonchev–Trinajstić information content (AvgIpc) is 2.19. The van der Waals surface area contributed by atoms with E-state index in [0.29, 0.717) is 5.56 Å². The van der Waals surface area contributed by atoms with Crippen LogP contribution in [0.25, 0.3) is 0 Å². The maximum Gasteiger partial charge on any atom is 0.150 e. The minimum atomic E-state index is 0.626. The van der Waals surface area contributed by atoms with Gasteiger partial charge in [-0.3, -0.25) is 4.79 Å². The molecule has 0 radical (unpaired) electrons. The summed E-state index contributed by atoms with van der Waals surface area (Å²) in [4.78, 5) is 17.9. The van der Waals surface area contributed by atoms with Crippen LogP contribution in [-0.4, -0.2) is 19.0 Å². The van der Waals surface area contributed by atoms with E-state index in [1.54, 1.807) is 24.3 Å². The van der Waals surface area contributed by atoms with Crippen molar-refractivity contribution < 1.29 is 4.79 Å². The van der Waals surface area contributed by atoms with E-state index in [4.69, 9.17) is 5.73 Å². The summed E-state index contributed by atoms with van der Waals surface area (Å²) in [7, 11) is 0. The number of aldehydes is 1. The molecule has 2 N–H and O–H groups in total. The van der Waals surface area contributed by atoms with Crippen LogP contribution in [0.1, 0.15) is 10.4 Å². The Balaban J connectivity index is 2.74. The van der Waals surface area contributed by atoms with E-state index in [1.165, 1.54) is 6.34 Å². The fraction of sp³-hybridized carbons (Fsp3) is 0. The number of rotatable bonds is 3. The molecule has 4 heteroatoms. The van der Waals surface area contributed by atoms with Crippen molar-refractivity contribution in [1.29, 1.82) is 0 Å². The van der Waals surface area contributed by atoms with Gasteiger partial charge in [0, 0.05) is 5.56 Å². The third-order valence-electron chi connectivity index (χ3n) is 1.39. The second kappa shape index (κ2) is 4.82. The van der Waals surface area contributed by atoms with Crippen LogP contribution in [0.3, 0.4) is 0 Å². The molecule has 4 nitrogen and oxygen atoms in total. The van der Waals surface area contributed by atoms with E-state index >= 15 is 0 Å². The number of nitrogens with two attached hydrogens (primary N) is 1. The third kappa shape index (κ3) is 2.86. The Hall–Kier alpha value is -1.97.